The third-order valence-electron chi connectivity index (χ3n) is 2.92. The van der Waals surface area contributed by atoms with Crippen LogP contribution in [0.25, 0.3) is 0 Å². The van der Waals surface area contributed by atoms with Gasteiger partial charge in [0.05, 0.1) is 6.61 Å². The smallest absolute Gasteiger partial charge is 0.124 e. The van der Waals surface area contributed by atoms with Gasteiger partial charge in [-0.3, -0.25) is 0 Å². The second-order valence-electron chi connectivity index (χ2n) is 4.42. The van der Waals surface area contributed by atoms with Crippen molar-refractivity contribution in [3.05, 3.63) is 72.3 Å². The Morgan fingerprint density at radius 3 is 2.80 bits per heavy atom. The van der Waals surface area contributed by atoms with E-state index in [2.05, 4.69) is 11.9 Å². The Hall–Kier alpha value is -2.26. The highest BCUT2D eigenvalue weighted by molar-refractivity contribution is 5.47. The van der Waals surface area contributed by atoms with E-state index in [1.807, 2.05) is 48.5 Å². The van der Waals surface area contributed by atoms with Crippen molar-refractivity contribution in [1.82, 2.24) is 0 Å². The lowest BCUT2D eigenvalue weighted by molar-refractivity contribution is 0.282. The fourth-order valence-corrected chi connectivity index (χ4v) is 1.92. The molecule has 0 aliphatic carbocycles. The SMILES string of the molecule is C=CCOc1ccccc1CNc1cccc(CO)c1. The Bertz CT molecular complexity index is 566. The van der Waals surface area contributed by atoms with Crippen LogP contribution in [0, 0.1) is 0 Å². The largest absolute Gasteiger partial charge is 0.489 e. The molecule has 104 valence electrons. The lowest BCUT2D eigenvalue weighted by atomic mass is 10.1. The van der Waals surface area contributed by atoms with Crippen molar-refractivity contribution >= 4 is 5.69 Å². The van der Waals surface area contributed by atoms with Crippen molar-refractivity contribution < 1.29 is 9.84 Å². The van der Waals surface area contributed by atoms with Gasteiger partial charge in [0, 0.05) is 17.8 Å². The first-order valence-electron chi connectivity index (χ1n) is 6.58. The predicted octanol–water partition coefficient (Wildman–Crippen LogP) is 3.36. The number of aliphatic hydroxyl groups excluding tert-OH is 1. The minimum Gasteiger partial charge on any atom is -0.489 e. The van der Waals surface area contributed by atoms with Crippen LogP contribution in [-0.4, -0.2) is 11.7 Å². The molecule has 2 aromatic rings. The van der Waals surface area contributed by atoms with E-state index in [9.17, 15) is 0 Å². The summed E-state index contributed by atoms with van der Waals surface area (Å²) in [4.78, 5) is 0. The monoisotopic (exact) mass is 269 g/mol. The van der Waals surface area contributed by atoms with Gasteiger partial charge in [0.25, 0.3) is 0 Å². The molecule has 20 heavy (non-hydrogen) atoms. The third kappa shape index (κ3) is 3.87. The minimum atomic E-state index is 0.0502. The molecule has 0 aliphatic rings. The van der Waals surface area contributed by atoms with E-state index in [0.29, 0.717) is 13.2 Å². The van der Waals surface area contributed by atoms with E-state index in [-0.39, 0.29) is 6.61 Å². The van der Waals surface area contributed by atoms with Crippen LogP contribution >= 0.6 is 0 Å². The molecule has 0 spiro atoms. The molecule has 0 saturated heterocycles. The number of para-hydroxylation sites is 1. The molecule has 0 amide bonds. The topological polar surface area (TPSA) is 41.5 Å². The zero-order chi connectivity index (χ0) is 14.2. The van der Waals surface area contributed by atoms with Crippen LogP contribution in [0.15, 0.2) is 61.2 Å². The number of anilines is 1. The molecule has 0 aliphatic heterocycles. The van der Waals surface area contributed by atoms with Gasteiger partial charge in [-0.2, -0.15) is 0 Å². The Kier molecular flexibility index (Phi) is 5.21. The first-order chi connectivity index (χ1) is 9.83. The van der Waals surface area contributed by atoms with Crippen molar-refractivity contribution in [2.45, 2.75) is 13.2 Å². The number of rotatable bonds is 7. The van der Waals surface area contributed by atoms with Crippen molar-refractivity contribution in [1.29, 1.82) is 0 Å². The Morgan fingerprint density at radius 2 is 2.00 bits per heavy atom. The predicted molar refractivity (Wildman–Crippen MR) is 81.8 cm³/mol. The molecule has 3 nitrogen and oxygen atoms in total. The van der Waals surface area contributed by atoms with E-state index in [1.54, 1.807) is 6.08 Å². The van der Waals surface area contributed by atoms with Crippen LogP contribution < -0.4 is 10.1 Å². The van der Waals surface area contributed by atoms with Gasteiger partial charge in [0.1, 0.15) is 12.4 Å². The maximum atomic E-state index is 9.13. The van der Waals surface area contributed by atoms with Gasteiger partial charge in [-0.15, -0.1) is 0 Å². The average molecular weight is 269 g/mol. The molecule has 0 saturated carbocycles. The van der Waals surface area contributed by atoms with E-state index in [4.69, 9.17) is 9.84 Å². The molecular weight excluding hydrogens is 250 g/mol. The molecule has 0 fully saturated rings. The number of aliphatic hydroxyl groups is 1. The molecule has 0 radical (unpaired) electrons. The molecule has 2 rings (SSSR count). The van der Waals surface area contributed by atoms with Gasteiger partial charge < -0.3 is 15.2 Å². The van der Waals surface area contributed by atoms with Gasteiger partial charge in [-0.05, 0) is 23.8 Å². The van der Waals surface area contributed by atoms with Gasteiger partial charge in [0.2, 0.25) is 0 Å². The van der Waals surface area contributed by atoms with Crippen LogP contribution in [0.4, 0.5) is 5.69 Å². The normalized spacial score (nSPS) is 10.1. The highest BCUT2D eigenvalue weighted by Crippen LogP contribution is 2.20. The van der Waals surface area contributed by atoms with Crippen molar-refractivity contribution in [3.8, 4) is 5.75 Å². The summed E-state index contributed by atoms with van der Waals surface area (Å²) in [6, 6.07) is 15.7. The van der Waals surface area contributed by atoms with Gasteiger partial charge in [-0.25, -0.2) is 0 Å². The van der Waals surface area contributed by atoms with Crippen LogP contribution in [0.1, 0.15) is 11.1 Å². The molecule has 2 N–H and O–H groups in total. The maximum absolute atomic E-state index is 9.13. The highest BCUT2D eigenvalue weighted by atomic mass is 16.5. The second-order valence-corrected chi connectivity index (χ2v) is 4.42. The van der Waals surface area contributed by atoms with Crippen molar-refractivity contribution in [2.75, 3.05) is 11.9 Å². The average Bonchev–Trinajstić information content (AvgIpc) is 2.52. The fraction of sp³-hybridized carbons (Fsp3) is 0.176. The Balaban J connectivity index is 2.04. The van der Waals surface area contributed by atoms with E-state index in [1.165, 1.54) is 0 Å². The Morgan fingerprint density at radius 1 is 1.15 bits per heavy atom. The summed E-state index contributed by atoms with van der Waals surface area (Å²) in [5, 5.41) is 12.5. The first-order valence-corrected chi connectivity index (χ1v) is 6.58. The van der Waals surface area contributed by atoms with Gasteiger partial charge in [-0.1, -0.05) is 43.0 Å². The van der Waals surface area contributed by atoms with E-state index < -0.39 is 0 Å². The molecule has 0 heterocycles. The summed E-state index contributed by atoms with van der Waals surface area (Å²) in [6.45, 7) is 4.87. The second kappa shape index (κ2) is 7.36. The Labute approximate surface area is 119 Å². The lowest BCUT2D eigenvalue weighted by Crippen LogP contribution is -2.03. The van der Waals surface area contributed by atoms with Crippen LogP contribution in [0.5, 0.6) is 5.75 Å². The summed E-state index contributed by atoms with van der Waals surface area (Å²) in [5.41, 5.74) is 2.96. The quantitative estimate of drug-likeness (QED) is 0.757. The zero-order valence-corrected chi connectivity index (χ0v) is 11.4. The summed E-state index contributed by atoms with van der Waals surface area (Å²) < 4.78 is 5.62. The number of nitrogens with one attached hydrogen (secondary N) is 1. The van der Waals surface area contributed by atoms with Crippen LogP contribution in [0.3, 0.4) is 0 Å². The molecule has 0 atom stereocenters. The van der Waals surface area contributed by atoms with E-state index >= 15 is 0 Å². The number of ether oxygens (including phenoxy) is 1. The summed E-state index contributed by atoms with van der Waals surface area (Å²) in [6.07, 6.45) is 1.73. The van der Waals surface area contributed by atoms with Gasteiger partial charge in [0.15, 0.2) is 0 Å². The molecule has 0 bridgehead atoms. The summed E-state index contributed by atoms with van der Waals surface area (Å²) >= 11 is 0. The summed E-state index contributed by atoms with van der Waals surface area (Å²) in [7, 11) is 0. The number of benzene rings is 2. The number of hydrogen-bond donors (Lipinski definition) is 2. The molecule has 0 aromatic heterocycles. The molecular formula is C17H19NO2. The van der Waals surface area contributed by atoms with Crippen LogP contribution in [0.2, 0.25) is 0 Å². The maximum Gasteiger partial charge on any atom is 0.124 e. The molecule has 3 heteroatoms. The standard InChI is InChI=1S/C17H19NO2/c1-2-10-20-17-9-4-3-7-15(17)12-18-16-8-5-6-14(11-16)13-19/h2-9,11,18-19H,1,10,12-13H2. The first kappa shape index (κ1) is 14.2. The van der Waals surface area contributed by atoms with E-state index in [0.717, 1.165) is 22.6 Å². The third-order valence-corrected chi connectivity index (χ3v) is 2.92. The van der Waals surface area contributed by atoms with Crippen molar-refractivity contribution in [3.63, 3.8) is 0 Å². The fourth-order valence-electron chi connectivity index (χ4n) is 1.92. The molecule has 0 unspecified atom stereocenters. The van der Waals surface area contributed by atoms with Crippen molar-refractivity contribution in [2.24, 2.45) is 0 Å². The summed E-state index contributed by atoms with van der Waals surface area (Å²) in [5.74, 6) is 0.859. The number of hydrogen-bond acceptors (Lipinski definition) is 3. The van der Waals surface area contributed by atoms with Crippen LogP contribution in [-0.2, 0) is 13.2 Å². The minimum absolute atomic E-state index is 0.0502. The lowest BCUT2D eigenvalue weighted by Gasteiger charge is -2.12. The zero-order valence-electron chi connectivity index (χ0n) is 11.4. The highest BCUT2D eigenvalue weighted by Gasteiger charge is 2.02. The molecule has 2 aromatic carbocycles. The van der Waals surface area contributed by atoms with Gasteiger partial charge >= 0.3 is 0 Å².